The van der Waals surface area contributed by atoms with E-state index in [1.54, 1.807) is 0 Å². The van der Waals surface area contributed by atoms with E-state index in [4.69, 9.17) is 4.99 Å². The summed E-state index contributed by atoms with van der Waals surface area (Å²) in [5, 5.41) is 11.0. The van der Waals surface area contributed by atoms with E-state index in [1.165, 1.54) is 25.7 Å². The van der Waals surface area contributed by atoms with E-state index in [2.05, 4.69) is 11.9 Å². The molecular formula is C16H20N2O. The van der Waals surface area contributed by atoms with E-state index in [-0.39, 0.29) is 5.88 Å². The van der Waals surface area contributed by atoms with Gasteiger partial charge in [-0.3, -0.25) is 4.99 Å². The van der Waals surface area contributed by atoms with Crippen LogP contribution in [0.15, 0.2) is 29.3 Å². The first-order valence-corrected chi connectivity index (χ1v) is 7.08. The highest BCUT2D eigenvalue weighted by Crippen LogP contribution is 2.28. The van der Waals surface area contributed by atoms with Gasteiger partial charge in [0.15, 0.2) is 5.88 Å². The molecule has 0 aliphatic heterocycles. The largest absolute Gasteiger partial charge is 0.494 e. The summed E-state index contributed by atoms with van der Waals surface area (Å²) in [6.45, 7) is 2.27. The summed E-state index contributed by atoms with van der Waals surface area (Å²) in [5.74, 6) is 0.866. The van der Waals surface area contributed by atoms with Crippen LogP contribution in [0.25, 0.3) is 10.9 Å². The molecule has 0 unspecified atom stereocenters. The molecule has 3 rings (SSSR count). The van der Waals surface area contributed by atoms with E-state index in [9.17, 15) is 5.11 Å². The van der Waals surface area contributed by atoms with E-state index in [1.807, 2.05) is 30.5 Å². The molecular weight excluding hydrogens is 236 g/mol. The first kappa shape index (κ1) is 12.3. The highest BCUT2D eigenvalue weighted by atomic mass is 16.3. The van der Waals surface area contributed by atoms with Crippen molar-refractivity contribution in [3.05, 3.63) is 29.8 Å². The molecule has 0 radical (unpaired) electrons. The molecule has 2 aromatic rings. The minimum Gasteiger partial charge on any atom is -0.494 e. The van der Waals surface area contributed by atoms with Crippen LogP contribution in [0.3, 0.4) is 0 Å². The van der Waals surface area contributed by atoms with Crippen molar-refractivity contribution >= 4 is 17.1 Å². The third kappa shape index (κ3) is 2.37. The summed E-state index contributed by atoms with van der Waals surface area (Å²) >= 11 is 0. The molecule has 2 atom stereocenters. The Morgan fingerprint density at radius 2 is 2.05 bits per heavy atom. The van der Waals surface area contributed by atoms with Crippen LogP contribution >= 0.6 is 0 Å². The minimum atomic E-state index is 0.216. The lowest BCUT2D eigenvalue weighted by molar-refractivity contribution is 0.333. The molecule has 0 amide bonds. The number of fused-ring (bicyclic) bond motifs is 1. The van der Waals surface area contributed by atoms with Crippen molar-refractivity contribution in [2.45, 2.75) is 38.6 Å². The molecule has 1 aliphatic rings. The van der Waals surface area contributed by atoms with Crippen LogP contribution in [0.1, 0.15) is 38.2 Å². The Bertz CT molecular complexity index is 600. The standard InChI is InChI=1S/C16H20N2O/c1-11-6-2-4-8-14(11)17-10-13-12-7-3-5-9-15(12)18-16(13)19/h3,5,7,9-11,14,18-19H,2,4,6,8H2,1H3/t11-,14+/m0/s1. The third-order valence-corrected chi connectivity index (χ3v) is 4.19. The number of hydrogen-bond donors (Lipinski definition) is 2. The smallest absolute Gasteiger partial charge is 0.198 e. The molecule has 19 heavy (non-hydrogen) atoms. The second-order valence-electron chi connectivity index (χ2n) is 5.54. The first-order valence-electron chi connectivity index (χ1n) is 7.08. The fourth-order valence-corrected chi connectivity index (χ4v) is 2.97. The van der Waals surface area contributed by atoms with Gasteiger partial charge < -0.3 is 10.1 Å². The van der Waals surface area contributed by atoms with Crippen molar-refractivity contribution < 1.29 is 5.11 Å². The number of H-pyrrole nitrogens is 1. The lowest BCUT2D eigenvalue weighted by atomic mass is 9.86. The van der Waals surface area contributed by atoms with Crippen molar-refractivity contribution in [1.82, 2.24) is 4.98 Å². The number of aliphatic imine (C=N–C) groups is 1. The normalized spacial score (nSPS) is 24.3. The zero-order chi connectivity index (χ0) is 13.2. The number of para-hydroxylation sites is 1. The van der Waals surface area contributed by atoms with Gasteiger partial charge in [-0.25, -0.2) is 0 Å². The Balaban J connectivity index is 1.90. The Kier molecular flexibility index (Phi) is 3.28. The maximum Gasteiger partial charge on any atom is 0.198 e. The Labute approximate surface area is 113 Å². The zero-order valence-corrected chi connectivity index (χ0v) is 11.3. The predicted octanol–water partition coefficient (Wildman–Crippen LogP) is 3.87. The van der Waals surface area contributed by atoms with Crippen LogP contribution in [0.5, 0.6) is 5.88 Å². The number of hydrogen-bond acceptors (Lipinski definition) is 2. The Morgan fingerprint density at radius 1 is 1.26 bits per heavy atom. The molecule has 3 heteroatoms. The quantitative estimate of drug-likeness (QED) is 0.787. The monoisotopic (exact) mass is 256 g/mol. The fraction of sp³-hybridized carbons (Fsp3) is 0.438. The Hall–Kier alpha value is -1.77. The molecule has 1 aromatic carbocycles. The predicted molar refractivity (Wildman–Crippen MR) is 79.0 cm³/mol. The summed E-state index contributed by atoms with van der Waals surface area (Å²) in [6, 6.07) is 8.33. The third-order valence-electron chi connectivity index (χ3n) is 4.19. The van der Waals surface area contributed by atoms with Crippen LogP contribution in [0.4, 0.5) is 0 Å². The number of benzene rings is 1. The maximum absolute atomic E-state index is 9.98. The second-order valence-corrected chi connectivity index (χ2v) is 5.54. The van der Waals surface area contributed by atoms with Gasteiger partial charge in [0.1, 0.15) is 0 Å². The molecule has 3 nitrogen and oxygen atoms in total. The minimum absolute atomic E-state index is 0.216. The van der Waals surface area contributed by atoms with Gasteiger partial charge in [0.25, 0.3) is 0 Å². The Morgan fingerprint density at radius 3 is 2.89 bits per heavy atom. The summed E-state index contributed by atoms with van der Waals surface area (Å²) in [5.41, 5.74) is 1.77. The highest BCUT2D eigenvalue weighted by Gasteiger charge is 2.20. The molecule has 100 valence electrons. The number of rotatable bonds is 2. The fourth-order valence-electron chi connectivity index (χ4n) is 2.97. The van der Waals surface area contributed by atoms with Gasteiger partial charge >= 0.3 is 0 Å². The topological polar surface area (TPSA) is 48.4 Å². The van der Waals surface area contributed by atoms with Crippen LogP contribution in [0, 0.1) is 5.92 Å². The molecule has 1 heterocycles. The van der Waals surface area contributed by atoms with Crippen molar-refractivity contribution in [3.63, 3.8) is 0 Å². The average Bonchev–Trinajstić information content (AvgIpc) is 2.74. The average molecular weight is 256 g/mol. The van der Waals surface area contributed by atoms with E-state index in [0.29, 0.717) is 12.0 Å². The van der Waals surface area contributed by atoms with Crippen LogP contribution in [0.2, 0.25) is 0 Å². The molecule has 0 spiro atoms. The number of aromatic nitrogens is 1. The van der Waals surface area contributed by atoms with E-state index >= 15 is 0 Å². The van der Waals surface area contributed by atoms with Crippen molar-refractivity contribution in [2.24, 2.45) is 10.9 Å². The van der Waals surface area contributed by atoms with Gasteiger partial charge in [-0.05, 0) is 24.8 Å². The van der Waals surface area contributed by atoms with Gasteiger partial charge in [-0.2, -0.15) is 0 Å². The van der Waals surface area contributed by atoms with Crippen LogP contribution in [-0.4, -0.2) is 22.3 Å². The highest BCUT2D eigenvalue weighted by molar-refractivity contribution is 6.01. The SMILES string of the molecule is C[C@H]1CCCC[C@H]1N=Cc1c(O)[nH]c2ccccc12. The van der Waals surface area contributed by atoms with Crippen molar-refractivity contribution in [3.8, 4) is 5.88 Å². The lowest BCUT2D eigenvalue weighted by Crippen LogP contribution is -2.20. The van der Waals surface area contributed by atoms with Gasteiger partial charge in [0.05, 0.1) is 11.6 Å². The summed E-state index contributed by atoms with van der Waals surface area (Å²) in [4.78, 5) is 7.70. The van der Waals surface area contributed by atoms with E-state index < -0.39 is 0 Å². The molecule has 1 saturated carbocycles. The maximum atomic E-state index is 9.98. The molecule has 1 aromatic heterocycles. The first-order chi connectivity index (χ1) is 9.25. The van der Waals surface area contributed by atoms with Gasteiger partial charge in [0.2, 0.25) is 0 Å². The summed E-state index contributed by atoms with van der Waals surface area (Å²) < 4.78 is 0. The molecule has 1 fully saturated rings. The summed E-state index contributed by atoms with van der Waals surface area (Å²) in [6.07, 6.45) is 6.88. The van der Waals surface area contributed by atoms with Crippen LogP contribution in [-0.2, 0) is 0 Å². The molecule has 1 aliphatic carbocycles. The van der Waals surface area contributed by atoms with Crippen molar-refractivity contribution in [1.29, 1.82) is 0 Å². The second kappa shape index (κ2) is 5.08. The summed E-state index contributed by atoms with van der Waals surface area (Å²) in [7, 11) is 0. The number of aromatic hydroxyl groups is 1. The molecule has 2 N–H and O–H groups in total. The molecule has 0 saturated heterocycles. The zero-order valence-electron chi connectivity index (χ0n) is 11.3. The number of aromatic amines is 1. The van der Waals surface area contributed by atoms with Gasteiger partial charge in [-0.15, -0.1) is 0 Å². The lowest BCUT2D eigenvalue weighted by Gasteiger charge is -2.25. The van der Waals surface area contributed by atoms with Gasteiger partial charge in [-0.1, -0.05) is 38.0 Å². The number of nitrogens with zero attached hydrogens (tertiary/aromatic N) is 1. The van der Waals surface area contributed by atoms with Crippen LogP contribution < -0.4 is 0 Å². The van der Waals surface area contributed by atoms with Gasteiger partial charge in [0, 0.05) is 17.1 Å². The van der Waals surface area contributed by atoms with Crippen molar-refractivity contribution in [2.75, 3.05) is 0 Å². The van der Waals surface area contributed by atoms with E-state index in [0.717, 1.165) is 16.5 Å². The number of nitrogens with one attached hydrogen (secondary N) is 1. The molecule has 0 bridgehead atoms.